The van der Waals surface area contributed by atoms with Gasteiger partial charge in [0.2, 0.25) is 0 Å². The summed E-state index contributed by atoms with van der Waals surface area (Å²) in [7, 11) is 13.0. The molecule has 6 bridgehead atoms. The van der Waals surface area contributed by atoms with Crippen LogP contribution in [0.4, 0.5) is 0 Å². The number of carbonyl (C=O) groups is 2. The molecule has 3 spiro atoms. The minimum absolute atomic E-state index is 0.0430. The van der Waals surface area contributed by atoms with Gasteiger partial charge in [-0.3, -0.25) is 19.4 Å². The Morgan fingerprint density at radius 1 is 0.594 bits per heavy atom. The topological polar surface area (TPSA) is 149 Å². The number of carbonyl (C=O) groups excluding carboxylic acids is 2. The van der Waals surface area contributed by atoms with Crippen molar-refractivity contribution in [2.75, 3.05) is 69.2 Å². The third-order valence-electron chi connectivity index (χ3n) is 19.2. The van der Waals surface area contributed by atoms with Gasteiger partial charge in [-0.1, -0.05) is 24.3 Å². The fraction of sp³-hybridized carbons (Fsp3) is 0.527. The van der Waals surface area contributed by atoms with Crippen LogP contribution in [0, 0.1) is 0 Å². The summed E-state index contributed by atoms with van der Waals surface area (Å²) in [6.07, 6.45) is 12.3. The molecule has 0 amide bonds. The number of allylic oxidation sites excluding steroid dienone is 2. The number of ether oxygens (including phenoxy) is 7. The molecule has 6 aliphatic heterocycles. The number of likely N-dealkylation sites (tertiary alicyclic amines) is 3. The Hall–Kier alpha value is -5.38. The van der Waals surface area contributed by atoms with E-state index in [1.54, 1.807) is 34.5 Å². The zero-order valence-electron chi connectivity index (χ0n) is 40.4. The first kappa shape index (κ1) is 43.6. The molecule has 14 nitrogen and oxygen atoms in total. The SMILES string of the molecule is COC1=CC=C2C3Cc4ccc(OC)c5c4[C@@]2(CCN3C)[C@H]1O5.COc1ccc2c3c1O[C@H]1C(=O)C=C[C@@]4(O)[C@@H](C2)N(C)CC[C@]314.COc1ccc2c3c1O[C@H]1C(=O)CC[C@@]4(O)[C@@H](C2)N(C)CC[C@]314. The van der Waals surface area contributed by atoms with Gasteiger partial charge in [-0.25, -0.2) is 0 Å². The number of rotatable bonds is 4. The highest BCUT2D eigenvalue weighted by molar-refractivity contribution is 5.99. The number of methoxy groups -OCH3 is 4. The van der Waals surface area contributed by atoms with Crippen LogP contribution in [-0.4, -0.2) is 153 Å². The number of hydrogen-bond acceptors (Lipinski definition) is 14. The summed E-state index contributed by atoms with van der Waals surface area (Å²) in [5.41, 5.74) is 5.27. The van der Waals surface area contributed by atoms with Gasteiger partial charge < -0.3 is 48.3 Å². The van der Waals surface area contributed by atoms with Crippen molar-refractivity contribution < 1.29 is 53.0 Å². The molecule has 6 heterocycles. The van der Waals surface area contributed by atoms with E-state index in [4.69, 9.17) is 33.2 Å². The summed E-state index contributed by atoms with van der Waals surface area (Å²) in [5.74, 6) is 5.37. The van der Waals surface area contributed by atoms with Crippen LogP contribution in [0.15, 0.2) is 72.0 Å². The van der Waals surface area contributed by atoms with Gasteiger partial charge in [-0.15, -0.1) is 0 Å². The van der Waals surface area contributed by atoms with Gasteiger partial charge in [0.25, 0.3) is 0 Å². The normalized spacial score (nSPS) is 37.9. The first-order valence-electron chi connectivity index (χ1n) is 24.6. The van der Waals surface area contributed by atoms with E-state index < -0.39 is 34.2 Å². The van der Waals surface area contributed by atoms with Crippen LogP contribution in [0.3, 0.4) is 0 Å². The lowest BCUT2D eigenvalue weighted by molar-refractivity contribution is -0.185. The predicted octanol–water partition coefficient (Wildman–Crippen LogP) is 4.30. The molecule has 12 aliphatic rings. The standard InChI is InChI=1S/C19H21NO3.C18H21NO4.C18H19NO4/c1-20-9-8-19-12-5-7-15(22-3)18(19)23-17-14(21-2)6-4-11(16(17)19)10-13(12)20;2*1-19-8-7-17-14-10-3-4-12(22-2)15(14)23-16(17)11(20)5-6-18(17,21)13(19)9-10/h4-7,13,18H,8-10H2,1-3H3;3-4,13,16,21H,5-9H2,1-2H3;3-6,13,16,21H,7-9H2,1-2H3/t13?,18-,19-;2*13-,16+,17+,18-/m011/s1. The molecular weight excluding hydrogens is 879 g/mol. The van der Waals surface area contributed by atoms with Crippen molar-refractivity contribution in [2.24, 2.45) is 0 Å². The van der Waals surface area contributed by atoms with Crippen LogP contribution >= 0.6 is 0 Å². The molecule has 69 heavy (non-hydrogen) atoms. The molecule has 6 aliphatic carbocycles. The molecule has 11 atom stereocenters. The van der Waals surface area contributed by atoms with Gasteiger partial charge in [0.1, 0.15) is 11.4 Å². The molecule has 4 fully saturated rings. The second-order valence-electron chi connectivity index (χ2n) is 21.5. The zero-order valence-corrected chi connectivity index (χ0v) is 40.4. The summed E-state index contributed by atoms with van der Waals surface area (Å²) < 4.78 is 40.9. The van der Waals surface area contributed by atoms with Crippen LogP contribution in [0.2, 0.25) is 0 Å². The Kier molecular flexibility index (Phi) is 9.23. The average Bonchev–Trinajstić information content (AvgIpc) is 4.03. The number of ketones is 2. The van der Waals surface area contributed by atoms with Crippen molar-refractivity contribution in [1.82, 2.24) is 14.7 Å². The van der Waals surface area contributed by atoms with Gasteiger partial charge >= 0.3 is 0 Å². The van der Waals surface area contributed by atoms with Crippen LogP contribution in [0.1, 0.15) is 65.5 Å². The second-order valence-corrected chi connectivity index (χ2v) is 21.5. The van der Waals surface area contributed by atoms with Gasteiger partial charge in [0.05, 0.1) is 50.3 Å². The minimum atomic E-state index is -1.08. The lowest BCUT2D eigenvalue weighted by Crippen LogP contribution is -2.76. The molecular formula is C55H61N3O11. The quantitative estimate of drug-likeness (QED) is 0.383. The number of Topliss-reactive ketones (excluding diaryl/α,β-unsaturated/α-hetero) is 1. The highest BCUT2D eigenvalue weighted by atomic mass is 16.6. The molecule has 3 aromatic carbocycles. The van der Waals surface area contributed by atoms with Crippen molar-refractivity contribution in [3.8, 4) is 34.5 Å². The van der Waals surface area contributed by atoms with Crippen LogP contribution in [-0.2, 0) is 49.8 Å². The van der Waals surface area contributed by atoms with Crippen molar-refractivity contribution >= 4 is 11.6 Å². The van der Waals surface area contributed by atoms with E-state index in [-0.39, 0.29) is 35.2 Å². The van der Waals surface area contributed by atoms with Crippen LogP contribution in [0.5, 0.6) is 34.5 Å². The molecule has 1 saturated carbocycles. The third kappa shape index (κ3) is 5.09. The van der Waals surface area contributed by atoms with E-state index in [1.165, 1.54) is 28.3 Å². The van der Waals surface area contributed by atoms with Crippen LogP contribution in [0.25, 0.3) is 0 Å². The molecule has 14 heteroatoms. The number of benzene rings is 3. The second kappa shape index (κ2) is 14.6. The van der Waals surface area contributed by atoms with Crippen molar-refractivity contribution in [3.05, 3.63) is 105 Å². The van der Waals surface area contributed by atoms with E-state index >= 15 is 0 Å². The van der Waals surface area contributed by atoms with E-state index in [2.05, 4.69) is 59.1 Å². The Balaban J connectivity index is 0.000000102. The molecule has 0 aromatic heterocycles. The molecule has 0 radical (unpaired) electrons. The smallest absolute Gasteiger partial charge is 0.196 e. The predicted molar refractivity (Wildman–Crippen MR) is 253 cm³/mol. The first-order valence-corrected chi connectivity index (χ1v) is 24.6. The molecule has 1 unspecified atom stereocenters. The number of piperidine rings is 3. The summed E-state index contributed by atoms with van der Waals surface area (Å²) in [6, 6.07) is 12.7. The molecule has 3 aromatic rings. The average molecular weight is 940 g/mol. The third-order valence-corrected chi connectivity index (χ3v) is 19.2. The van der Waals surface area contributed by atoms with Crippen molar-refractivity contribution in [2.45, 2.75) is 115 Å². The monoisotopic (exact) mass is 939 g/mol. The van der Waals surface area contributed by atoms with E-state index in [0.29, 0.717) is 48.3 Å². The fourth-order valence-electron chi connectivity index (χ4n) is 16.1. The highest BCUT2D eigenvalue weighted by Crippen LogP contribution is 2.67. The molecule has 3 saturated heterocycles. The lowest BCUT2D eigenvalue weighted by atomic mass is 9.49. The Bertz CT molecular complexity index is 2860. The maximum Gasteiger partial charge on any atom is 0.196 e. The first-order chi connectivity index (χ1) is 33.3. The van der Waals surface area contributed by atoms with Gasteiger partial charge in [-0.2, -0.15) is 0 Å². The number of nitrogens with zero attached hydrogens (tertiary/aromatic N) is 3. The molecule has 15 rings (SSSR count). The fourth-order valence-corrected chi connectivity index (χ4v) is 16.1. The maximum atomic E-state index is 12.7. The van der Waals surface area contributed by atoms with Crippen LogP contribution < -0.4 is 28.4 Å². The van der Waals surface area contributed by atoms with E-state index in [1.807, 2.05) is 25.2 Å². The van der Waals surface area contributed by atoms with E-state index in [0.717, 1.165) is 85.7 Å². The number of aliphatic hydroxyl groups is 2. The van der Waals surface area contributed by atoms with Crippen molar-refractivity contribution in [1.29, 1.82) is 0 Å². The summed E-state index contributed by atoms with van der Waals surface area (Å²) >= 11 is 0. The molecule has 362 valence electrons. The zero-order chi connectivity index (χ0) is 47.7. The summed E-state index contributed by atoms with van der Waals surface area (Å²) in [6.45, 7) is 2.79. The Morgan fingerprint density at radius 2 is 1.14 bits per heavy atom. The minimum Gasteiger partial charge on any atom is -0.497 e. The van der Waals surface area contributed by atoms with Gasteiger partial charge in [-0.05, 0) is 144 Å². The van der Waals surface area contributed by atoms with Crippen molar-refractivity contribution in [3.63, 3.8) is 0 Å². The summed E-state index contributed by atoms with van der Waals surface area (Å²) in [4.78, 5) is 32.2. The number of likely N-dealkylation sites (N-methyl/N-ethyl adjacent to an activating group) is 3. The van der Waals surface area contributed by atoms with Gasteiger partial charge in [0, 0.05) is 41.2 Å². The number of hydrogen-bond donors (Lipinski definition) is 2. The maximum absolute atomic E-state index is 12.7. The lowest BCUT2D eigenvalue weighted by Gasteiger charge is -2.62. The van der Waals surface area contributed by atoms with Gasteiger partial charge in [0.15, 0.2) is 64.4 Å². The highest BCUT2D eigenvalue weighted by Gasteiger charge is 2.74. The van der Waals surface area contributed by atoms with E-state index in [9.17, 15) is 19.8 Å². The molecule has 2 N–H and O–H groups in total. The summed E-state index contributed by atoms with van der Waals surface area (Å²) in [5, 5.41) is 23.4. The Labute approximate surface area is 402 Å². The largest absolute Gasteiger partial charge is 0.497 e. The Morgan fingerprint density at radius 3 is 1.80 bits per heavy atom.